The van der Waals surface area contributed by atoms with E-state index in [0.29, 0.717) is 23.4 Å². The predicted molar refractivity (Wildman–Crippen MR) is 176 cm³/mol. The number of urea groups is 1. The average Bonchev–Trinajstić information content (AvgIpc) is 3.45. The van der Waals surface area contributed by atoms with Gasteiger partial charge in [0.2, 0.25) is 0 Å². The molecule has 4 N–H and O–H groups in total. The van der Waals surface area contributed by atoms with Crippen LogP contribution in [0.2, 0.25) is 0 Å². The molecule has 44 heavy (non-hydrogen) atoms. The fourth-order valence-corrected chi connectivity index (χ4v) is 5.32. The number of ether oxygens (including phenoxy) is 1. The topological polar surface area (TPSA) is 112 Å². The Morgan fingerprint density at radius 3 is 2.16 bits per heavy atom. The summed E-state index contributed by atoms with van der Waals surface area (Å²) in [4.78, 5) is 40.9. The molecular formula is C35H45N5O4. The molecule has 1 unspecified atom stereocenters. The van der Waals surface area contributed by atoms with Gasteiger partial charge in [0.05, 0.1) is 17.4 Å². The van der Waals surface area contributed by atoms with E-state index in [1.807, 2.05) is 18.2 Å². The number of anilines is 3. The lowest BCUT2D eigenvalue weighted by molar-refractivity contribution is 0.0635. The lowest BCUT2D eigenvalue weighted by Gasteiger charge is -2.24. The van der Waals surface area contributed by atoms with Crippen molar-refractivity contribution in [1.82, 2.24) is 10.2 Å². The molecule has 0 radical (unpaired) electrons. The van der Waals surface area contributed by atoms with Gasteiger partial charge in [0.15, 0.2) is 0 Å². The van der Waals surface area contributed by atoms with Crippen molar-refractivity contribution < 1.29 is 19.1 Å². The third-order valence-corrected chi connectivity index (χ3v) is 7.68. The van der Waals surface area contributed by atoms with Gasteiger partial charge in [-0.1, -0.05) is 44.2 Å². The Bertz CT molecular complexity index is 1440. The second-order valence-electron chi connectivity index (χ2n) is 12.1. The molecule has 0 saturated carbocycles. The largest absolute Gasteiger partial charge is 0.444 e. The second-order valence-corrected chi connectivity index (χ2v) is 12.1. The van der Waals surface area contributed by atoms with Gasteiger partial charge in [0.1, 0.15) is 5.60 Å². The maximum absolute atomic E-state index is 13.2. The van der Waals surface area contributed by atoms with E-state index in [1.54, 1.807) is 57.2 Å². The summed E-state index contributed by atoms with van der Waals surface area (Å²) in [6, 6.07) is 19.8. The van der Waals surface area contributed by atoms with Gasteiger partial charge in [-0.25, -0.2) is 9.59 Å². The first-order chi connectivity index (χ1) is 21.0. The molecule has 0 aliphatic heterocycles. The fraction of sp³-hybridized carbons (Fsp3) is 0.400. The predicted octanol–water partition coefficient (Wildman–Crippen LogP) is 7.37. The van der Waals surface area contributed by atoms with Crippen LogP contribution in [0.25, 0.3) is 0 Å². The Labute approximate surface area is 260 Å². The SMILES string of the molecule is CCN(CC)CCC(NC(=O)Nc1ccc2c(c1)CCC2)c1ccc(C(=O)Nc2ccccc2NC(=O)OC(C)(C)C)cc1. The molecule has 9 heteroatoms. The van der Waals surface area contributed by atoms with Gasteiger partial charge in [-0.2, -0.15) is 0 Å². The van der Waals surface area contributed by atoms with Crippen molar-refractivity contribution in [2.24, 2.45) is 0 Å². The first-order valence-electron chi connectivity index (χ1n) is 15.5. The fourth-order valence-electron chi connectivity index (χ4n) is 5.32. The Hall–Kier alpha value is -4.37. The second kappa shape index (κ2) is 14.9. The molecule has 9 nitrogen and oxygen atoms in total. The molecule has 4 amide bonds. The number of amides is 4. The van der Waals surface area contributed by atoms with Crippen LogP contribution in [0.4, 0.5) is 26.7 Å². The highest BCUT2D eigenvalue weighted by atomic mass is 16.6. The summed E-state index contributed by atoms with van der Waals surface area (Å²) in [7, 11) is 0. The van der Waals surface area contributed by atoms with Crippen LogP contribution in [-0.4, -0.2) is 48.2 Å². The van der Waals surface area contributed by atoms with Crippen molar-refractivity contribution in [1.29, 1.82) is 0 Å². The first-order valence-corrected chi connectivity index (χ1v) is 15.5. The van der Waals surface area contributed by atoms with Crippen molar-refractivity contribution >= 4 is 35.1 Å². The molecule has 3 aromatic carbocycles. The summed E-state index contributed by atoms with van der Waals surface area (Å²) in [6.07, 6.45) is 3.41. The van der Waals surface area contributed by atoms with Gasteiger partial charge in [-0.15, -0.1) is 0 Å². The zero-order valence-electron chi connectivity index (χ0n) is 26.5. The summed E-state index contributed by atoms with van der Waals surface area (Å²) in [5.74, 6) is -0.322. The Morgan fingerprint density at radius 2 is 1.50 bits per heavy atom. The van der Waals surface area contributed by atoms with E-state index in [1.165, 1.54) is 11.1 Å². The molecule has 0 fully saturated rings. The van der Waals surface area contributed by atoms with Gasteiger partial charge in [0, 0.05) is 17.8 Å². The van der Waals surface area contributed by atoms with Crippen molar-refractivity contribution in [3.8, 4) is 0 Å². The molecule has 1 atom stereocenters. The van der Waals surface area contributed by atoms with E-state index in [-0.39, 0.29) is 18.0 Å². The molecule has 0 spiro atoms. The van der Waals surface area contributed by atoms with E-state index in [2.05, 4.69) is 52.1 Å². The van der Waals surface area contributed by atoms with Crippen LogP contribution in [-0.2, 0) is 17.6 Å². The molecule has 3 aromatic rings. The molecule has 0 heterocycles. The first kappa shape index (κ1) is 32.5. The minimum atomic E-state index is -0.648. The van der Waals surface area contributed by atoms with Crippen LogP contribution in [0.1, 0.15) is 80.6 Å². The van der Waals surface area contributed by atoms with Crippen LogP contribution < -0.4 is 21.3 Å². The van der Waals surface area contributed by atoms with Gasteiger partial charge in [-0.05, 0) is 113 Å². The lowest BCUT2D eigenvalue weighted by atomic mass is 10.0. The Kier molecular flexibility index (Phi) is 11.0. The number of para-hydroxylation sites is 2. The third-order valence-electron chi connectivity index (χ3n) is 7.68. The summed E-state index contributed by atoms with van der Waals surface area (Å²) >= 11 is 0. The zero-order chi connectivity index (χ0) is 31.7. The molecule has 0 aromatic heterocycles. The molecule has 234 valence electrons. The van der Waals surface area contributed by atoms with E-state index >= 15 is 0 Å². The van der Waals surface area contributed by atoms with E-state index in [0.717, 1.165) is 50.1 Å². The number of nitrogens with one attached hydrogen (secondary N) is 4. The Morgan fingerprint density at radius 1 is 0.841 bits per heavy atom. The highest BCUT2D eigenvalue weighted by Gasteiger charge is 2.20. The molecule has 1 aliphatic carbocycles. The lowest BCUT2D eigenvalue weighted by Crippen LogP contribution is -2.35. The minimum Gasteiger partial charge on any atom is -0.444 e. The van der Waals surface area contributed by atoms with Gasteiger partial charge < -0.3 is 25.6 Å². The van der Waals surface area contributed by atoms with E-state index in [9.17, 15) is 14.4 Å². The van der Waals surface area contributed by atoms with Crippen molar-refractivity contribution in [3.05, 3.63) is 89.0 Å². The molecule has 1 aliphatic rings. The summed E-state index contributed by atoms with van der Waals surface area (Å²) in [6.45, 7) is 12.3. The number of fused-ring (bicyclic) bond motifs is 1. The minimum absolute atomic E-state index is 0.249. The standard InChI is InChI=1S/C35H45N5O4/c1-6-40(7-2)22-21-29(38-33(42)36-28-20-19-24-11-10-12-27(24)23-28)25-15-17-26(18-16-25)32(41)37-30-13-8-9-14-31(30)39-34(43)44-35(3,4)5/h8-9,13-20,23,29H,6-7,10-12,21-22H2,1-5H3,(H,37,41)(H,39,43)(H2,36,38,42). The van der Waals surface area contributed by atoms with Crippen LogP contribution in [0.3, 0.4) is 0 Å². The molecule has 0 saturated heterocycles. The summed E-state index contributed by atoms with van der Waals surface area (Å²) in [5.41, 5.74) is 5.05. The van der Waals surface area contributed by atoms with Crippen molar-refractivity contribution in [2.75, 3.05) is 35.6 Å². The third kappa shape index (κ3) is 9.31. The summed E-state index contributed by atoms with van der Waals surface area (Å²) < 4.78 is 5.35. The van der Waals surface area contributed by atoms with Crippen molar-refractivity contribution in [2.45, 2.75) is 71.9 Å². The maximum Gasteiger partial charge on any atom is 0.412 e. The number of hydrogen-bond acceptors (Lipinski definition) is 5. The average molecular weight is 600 g/mol. The number of nitrogens with zero attached hydrogens (tertiary/aromatic N) is 1. The number of aryl methyl sites for hydroxylation is 2. The van der Waals surface area contributed by atoms with Crippen molar-refractivity contribution in [3.63, 3.8) is 0 Å². The van der Waals surface area contributed by atoms with E-state index < -0.39 is 11.7 Å². The zero-order valence-corrected chi connectivity index (χ0v) is 26.5. The highest BCUT2D eigenvalue weighted by Crippen LogP contribution is 2.26. The Balaban J connectivity index is 1.44. The number of benzene rings is 3. The van der Waals surface area contributed by atoms with Crippen LogP contribution in [0, 0.1) is 0 Å². The number of rotatable bonds is 11. The van der Waals surface area contributed by atoms with Gasteiger partial charge in [-0.3, -0.25) is 10.1 Å². The number of carbonyl (C=O) groups is 3. The highest BCUT2D eigenvalue weighted by molar-refractivity contribution is 6.06. The quantitative estimate of drug-likeness (QED) is 0.184. The molecule has 0 bridgehead atoms. The van der Waals surface area contributed by atoms with Crippen LogP contribution >= 0.6 is 0 Å². The smallest absolute Gasteiger partial charge is 0.412 e. The molecular weight excluding hydrogens is 554 g/mol. The monoisotopic (exact) mass is 599 g/mol. The van der Waals surface area contributed by atoms with Gasteiger partial charge in [0.25, 0.3) is 5.91 Å². The van der Waals surface area contributed by atoms with Gasteiger partial charge >= 0.3 is 12.1 Å². The number of hydrogen-bond donors (Lipinski definition) is 4. The maximum atomic E-state index is 13.2. The van der Waals surface area contributed by atoms with Crippen LogP contribution in [0.5, 0.6) is 0 Å². The summed E-state index contributed by atoms with van der Waals surface area (Å²) in [5, 5.41) is 11.7. The number of carbonyl (C=O) groups excluding carboxylic acids is 3. The molecule has 4 rings (SSSR count). The van der Waals surface area contributed by atoms with Crippen LogP contribution in [0.15, 0.2) is 66.7 Å². The normalized spacial score (nSPS) is 13.1. The van der Waals surface area contributed by atoms with E-state index in [4.69, 9.17) is 4.74 Å².